The number of halogens is 4. The van der Waals surface area contributed by atoms with Crippen molar-refractivity contribution in [3.8, 4) is 5.75 Å². The fourth-order valence-corrected chi connectivity index (χ4v) is 2.12. The topological polar surface area (TPSA) is 42.4 Å². The van der Waals surface area contributed by atoms with Crippen LogP contribution in [0.5, 0.6) is 5.75 Å². The van der Waals surface area contributed by atoms with Crippen LogP contribution < -0.4 is 4.74 Å². The van der Waals surface area contributed by atoms with Crippen molar-refractivity contribution in [1.29, 1.82) is 0 Å². The maximum absolute atomic E-state index is 12.5. The van der Waals surface area contributed by atoms with Crippen molar-refractivity contribution in [2.75, 3.05) is 7.11 Å². The van der Waals surface area contributed by atoms with Gasteiger partial charge in [-0.1, -0.05) is 35.9 Å². The summed E-state index contributed by atoms with van der Waals surface area (Å²) < 4.78 is 42.7. The molecule has 0 spiro atoms. The summed E-state index contributed by atoms with van der Waals surface area (Å²) in [6.45, 7) is 0. The van der Waals surface area contributed by atoms with E-state index < -0.39 is 23.1 Å². The van der Waals surface area contributed by atoms with Crippen LogP contribution in [0.2, 0.25) is 5.15 Å². The minimum atomic E-state index is -4.59. The van der Waals surface area contributed by atoms with Crippen molar-refractivity contribution < 1.29 is 23.0 Å². The van der Waals surface area contributed by atoms with Crippen molar-refractivity contribution in [3.05, 3.63) is 58.4 Å². The molecule has 0 bridgehead atoms. The summed E-state index contributed by atoms with van der Waals surface area (Å²) in [5, 5.41) is 9.89. The summed E-state index contributed by atoms with van der Waals surface area (Å²) in [5.41, 5.74) is -0.638. The van der Waals surface area contributed by atoms with E-state index in [-0.39, 0.29) is 5.56 Å². The molecule has 1 heterocycles. The van der Waals surface area contributed by atoms with Crippen LogP contribution in [0.15, 0.2) is 36.4 Å². The molecule has 1 N–H and O–H groups in total. The Morgan fingerprint density at radius 3 is 2.38 bits per heavy atom. The predicted molar refractivity (Wildman–Crippen MR) is 71.3 cm³/mol. The van der Waals surface area contributed by atoms with Gasteiger partial charge in [0, 0.05) is 11.1 Å². The summed E-state index contributed by atoms with van der Waals surface area (Å²) >= 11 is 5.76. The number of pyridine rings is 1. The second-order valence-electron chi connectivity index (χ2n) is 4.22. The maximum Gasteiger partial charge on any atom is 0.433 e. The third-order valence-corrected chi connectivity index (χ3v) is 3.20. The minimum Gasteiger partial charge on any atom is -0.496 e. The minimum absolute atomic E-state index is 0.0779. The van der Waals surface area contributed by atoms with Gasteiger partial charge >= 0.3 is 6.18 Å². The fraction of sp³-hybridized carbons (Fsp3) is 0.214. The molecule has 1 aromatic carbocycles. The Kier molecular flexibility index (Phi) is 4.39. The molecular formula is C14H11ClF3NO2. The first-order chi connectivity index (χ1) is 9.84. The summed E-state index contributed by atoms with van der Waals surface area (Å²) in [6.07, 6.45) is -5.82. The number of hydrogen-bond acceptors (Lipinski definition) is 3. The standard InChI is InChI=1S/C14H11ClF3NO2/c1-21-10-5-3-2-4-8(10)12(20)9-6-7-11(14(16,17)18)19-13(9)15/h2-7,12,20H,1H3. The van der Waals surface area contributed by atoms with Gasteiger partial charge in [-0.05, 0) is 12.1 Å². The lowest BCUT2D eigenvalue weighted by molar-refractivity contribution is -0.141. The predicted octanol–water partition coefficient (Wildman–Crippen LogP) is 3.84. The summed E-state index contributed by atoms with van der Waals surface area (Å²) in [5.74, 6) is 0.404. The van der Waals surface area contributed by atoms with Crippen molar-refractivity contribution in [3.63, 3.8) is 0 Å². The van der Waals surface area contributed by atoms with Crippen LogP contribution in [0.3, 0.4) is 0 Å². The van der Waals surface area contributed by atoms with Gasteiger partial charge in [0.15, 0.2) is 0 Å². The van der Waals surface area contributed by atoms with Crippen LogP contribution in [0.1, 0.15) is 22.9 Å². The maximum atomic E-state index is 12.5. The number of para-hydroxylation sites is 1. The Bertz CT molecular complexity index is 646. The van der Waals surface area contributed by atoms with E-state index in [4.69, 9.17) is 16.3 Å². The molecule has 112 valence electrons. The first-order valence-electron chi connectivity index (χ1n) is 5.89. The van der Waals surface area contributed by atoms with Crippen LogP contribution in [-0.2, 0) is 6.18 Å². The molecule has 1 aromatic heterocycles. The van der Waals surface area contributed by atoms with E-state index in [1.165, 1.54) is 7.11 Å². The molecule has 0 aliphatic heterocycles. The van der Waals surface area contributed by atoms with E-state index in [0.717, 1.165) is 12.1 Å². The second-order valence-corrected chi connectivity index (χ2v) is 4.58. The normalized spacial score (nSPS) is 13.0. The number of rotatable bonds is 3. The molecule has 1 unspecified atom stereocenters. The molecular weight excluding hydrogens is 307 g/mol. The SMILES string of the molecule is COc1ccccc1C(O)c1ccc(C(F)(F)F)nc1Cl. The van der Waals surface area contributed by atoms with Crippen molar-refractivity contribution in [2.45, 2.75) is 12.3 Å². The molecule has 2 rings (SSSR count). The third kappa shape index (κ3) is 3.28. The molecule has 0 amide bonds. The van der Waals surface area contributed by atoms with Gasteiger partial charge in [-0.2, -0.15) is 13.2 Å². The Hall–Kier alpha value is -1.79. The lowest BCUT2D eigenvalue weighted by atomic mass is 10.0. The Morgan fingerprint density at radius 2 is 1.81 bits per heavy atom. The summed E-state index contributed by atoms with van der Waals surface area (Å²) in [7, 11) is 1.43. The molecule has 3 nitrogen and oxygen atoms in total. The van der Waals surface area contributed by atoms with Gasteiger partial charge in [0.05, 0.1) is 7.11 Å². The van der Waals surface area contributed by atoms with Gasteiger partial charge < -0.3 is 9.84 Å². The zero-order valence-electron chi connectivity index (χ0n) is 10.9. The van der Waals surface area contributed by atoms with Crippen molar-refractivity contribution in [2.24, 2.45) is 0 Å². The van der Waals surface area contributed by atoms with E-state index >= 15 is 0 Å². The summed E-state index contributed by atoms with van der Waals surface area (Å²) in [4.78, 5) is 3.29. The Balaban J connectivity index is 2.42. The zero-order valence-corrected chi connectivity index (χ0v) is 11.6. The first-order valence-corrected chi connectivity index (χ1v) is 6.27. The van der Waals surface area contributed by atoms with E-state index in [2.05, 4.69) is 4.98 Å². The van der Waals surface area contributed by atoms with E-state index in [1.807, 2.05) is 0 Å². The highest BCUT2D eigenvalue weighted by Gasteiger charge is 2.33. The smallest absolute Gasteiger partial charge is 0.433 e. The summed E-state index contributed by atoms with van der Waals surface area (Å²) in [6, 6.07) is 8.49. The number of methoxy groups -OCH3 is 1. The van der Waals surface area contributed by atoms with Gasteiger partial charge in [0.2, 0.25) is 0 Å². The van der Waals surface area contributed by atoms with Crippen molar-refractivity contribution >= 4 is 11.6 Å². The first kappa shape index (κ1) is 15.6. The van der Waals surface area contributed by atoms with Crippen LogP contribution in [0.25, 0.3) is 0 Å². The number of aliphatic hydroxyl groups is 1. The number of hydrogen-bond donors (Lipinski definition) is 1. The molecule has 0 fully saturated rings. The zero-order chi connectivity index (χ0) is 15.6. The fourth-order valence-electron chi connectivity index (χ4n) is 1.87. The lowest BCUT2D eigenvalue weighted by Gasteiger charge is -2.16. The van der Waals surface area contributed by atoms with Gasteiger partial charge in [0.1, 0.15) is 22.7 Å². The highest BCUT2D eigenvalue weighted by molar-refractivity contribution is 6.30. The van der Waals surface area contributed by atoms with E-state index in [1.54, 1.807) is 24.3 Å². The van der Waals surface area contributed by atoms with E-state index in [9.17, 15) is 18.3 Å². The van der Waals surface area contributed by atoms with Crippen LogP contribution in [0, 0.1) is 0 Å². The van der Waals surface area contributed by atoms with Gasteiger partial charge in [-0.15, -0.1) is 0 Å². The Labute approximate surface area is 124 Å². The van der Waals surface area contributed by atoms with Crippen LogP contribution >= 0.6 is 11.6 Å². The quantitative estimate of drug-likeness (QED) is 0.875. The average molecular weight is 318 g/mol. The molecule has 7 heteroatoms. The number of aromatic nitrogens is 1. The molecule has 0 aliphatic rings. The molecule has 2 aromatic rings. The Morgan fingerprint density at radius 1 is 1.14 bits per heavy atom. The molecule has 21 heavy (non-hydrogen) atoms. The largest absolute Gasteiger partial charge is 0.496 e. The molecule has 0 aliphatic carbocycles. The lowest BCUT2D eigenvalue weighted by Crippen LogP contribution is -2.10. The average Bonchev–Trinajstić information content (AvgIpc) is 2.45. The van der Waals surface area contributed by atoms with Crippen LogP contribution in [-0.4, -0.2) is 17.2 Å². The highest BCUT2D eigenvalue weighted by Crippen LogP contribution is 2.35. The molecule has 0 saturated carbocycles. The third-order valence-electron chi connectivity index (χ3n) is 2.90. The number of aliphatic hydroxyl groups excluding tert-OH is 1. The second kappa shape index (κ2) is 5.91. The van der Waals surface area contributed by atoms with E-state index in [0.29, 0.717) is 11.3 Å². The highest BCUT2D eigenvalue weighted by atomic mass is 35.5. The number of benzene rings is 1. The van der Waals surface area contributed by atoms with Gasteiger partial charge in [0.25, 0.3) is 0 Å². The number of alkyl halides is 3. The number of nitrogens with zero attached hydrogens (tertiary/aromatic N) is 1. The molecule has 0 radical (unpaired) electrons. The number of ether oxygens (including phenoxy) is 1. The monoisotopic (exact) mass is 317 g/mol. The molecule has 0 saturated heterocycles. The van der Waals surface area contributed by atoms with Gasteiger partial charge in [-0.3, -0.25) is 0 Å². The van der Waals surface area contributed by atoms with Crippen molar-refractivity contribution in [1.82, 2.24) is 4.98 Å². The van der Waals surface area contributed by atoms with Crippen LogP contribution in [0.4, 0.5) is 13.2 Å². The van der Waals surface area contributed by atoms with Gasteiger partial charge in [-0.25, -0.2) is 4.98 Å². The molecule has 1 atom stereocenters.